The summed E-state index contributed by atoms with van der Waals surface area (Å²) in [6.45, 7) is 4.00. The molecule has 6 heteroatoms. The summed E-state index contributed by atoms with van der Waals surface area (Å²) in [4.78, 5) is 14.6. The maximum atomic E-state index is 12.3. The Balaban J connectivity index is 1.40. The molecular formula is C24H22Cl2N2O2. The molecule has 1 aliphatic heterocycles. The van der Waals surface area contributed by atoms with Crippen LogP contribution in [0.15, 0.2) is 59.0 Å². The topological polar surface area (TPSA) is 45.5 Å². The van der Waals surface area contributed by atoms with Gasteiger partial charge in [0.25, 0.3) is 0 Å². The molecule has 2 heterocycles. The Morgan fingerprint density at radius 1 is 1.03 bits per heavy atom. The zero-order chi connectivity index (χ0) is 21.1. The molecule has 0 saturated carbocycles. The smallest absolute Gasteiger partial charge is 0.248 e. The van der Waals surface area contributed by atoms with E-state index in [-0.39, 0.29) is 5.91 Å². The van der Waals surface area contributed by atoms with E-state index in [1.807, 2.05) is 49.4 Å². The second-order valence-corrected chi connectivity index (χ2v) is 8.16. The fourth-order valence-corrected chi connectivity index (χ4v) is 3.97. The summed E-state index contributed by atoms with van der Waals surface area (Å²) < 4.78 is 5.80. The molecule has 3 aromatic rings. The standard InChI is InChI=1S/C24H22Cl2N2O2/c1-16-4-5-17(14-20(16)25)23-10-7-19(30-23)8-11-24(29)27-18-6-9-22(21(26)15-18)28-12-2-3-13-28/h4-11,14-15H,2-3,12-13H2,1H3,(H,27,29)/b11-8+. The first kappa shape index (κ1) is 20.6. The summed E-state index contributed by atoms with van der Waals surface area (Å²) in [5.74, 6) is 1.02. The third-order valence-corrected chi connectivity index (χ3v) is 5.85. The van der Waals surface area contributed by atoms with Crippen LogP contribution in [0.25, 0.3) is 17.4 Å². The van der Waals surface area contributed by atoms with Crippen molar-refractivity contribution in [2.75, 3.05) is 23.3 Å². The Labute approximate surface area is 186 Å². The first-order valence-corrected chi connectivity index (χ1v) is 10.6. The van der Waals surface area contributed by atoms with E-state index in [4.69, 9.17) is 27.6 Å². The molecule has 0 radical (unpaired) electrons. The van der Waals surface area contributed by atoms with Gasteiger partial charge < -0.3 is 14.6 Å². The Morgan fingerprint density at radius 2 is 1.83 bits per heavy atom. The molecular weight excluding hydrogens is 419 g/mol. The van der Waals surface area contributed by atoms with Crippen LogP contribution in [0, 0.1) is 6.92 Å². The predicted molar refractivity (Wildman–Crippen MR) is 124 cm³/mol. The van der Waals surface area contributed by atoms with Gasteiger partial charge in [-0.25, -0.2) is 0 Å². The number of amides is 1. The lowest BCUT2D eigenvalue weighted by atomic mass is 10.1. The summed E-state index contributed by atoms with van der Waals surface area (Å²) in [6.07, 6.45) is 5.44. The lowest BCUT2D eigenvalue weighted by molar-refractivity contribution is -0.111. The van der Waals surface area contributed by atoms with Crippen molar-refractivity contribution in [3.8, 4) is 11.3 Å². The molecule has 0 spiro atoms. The first-order valence-electron chi connectivity index (χ1n) is 9.89. The molecule has 0 aliphatic carbocycles. The Kier molecular flexibility index (Phi) is 6.16. The summed E-state index contributed by atoms with van der Waals surface area (Å²) in [6, 6.07) is 15.1. The van der Waals surface area contributed by atoms with Crippen LogP contribution in [0.1, 0.15) is 24.2 Å². The highest BCUT2D eigenvalue weighted by Crippen LogP contribution is 2.31. The number of halogens is 2. The highest BCUT2D eigenvalue weighted by Gasteiger charge is 2.15. The zero-order valence-electron chi connectivity index (χ0n) is 16.6. The number of carbonyl (C=O) groups is 1. The number of rotatable bonds is 5. The van der Waals surface area contributed by atoms with Gasteiger partial charge in [0.15, 0.2) is 0 Å². The minimum Gasteiger partial charge on any atom is -0.457 e. The van der Waals surface area contributed by atoms with Crippen LogP contribution in [0.2, 0.25) is 10.0 Å². The van der Waals surface area contributed by atoms with Gasteiger partial charge in [0, 0.05) is 35.4 Å². The third kappa shape index (κ3) is 4.72. The summed E-state index contributed by atoms with van der Waals surface area (Å²) in [5.41, 5.74) is 3.58. The molecule has 154 valence electrons. The summed E-state index contributed by atoms with van der Waals surface area (Å²) >= 11 is 12.6. The van der Waals surface area contributed by atoms with Gasteiger partial charge in [-0.1, -0.05) is 35.3 Å². The fraction of sp³-hybridized carbons (Fsp3) is 0.208. The van der Waals surface area contributed by atoms with Crippen LogP contribution < -0.4 is 10.2 Å². The van der Waals surface area contributed by atoms with Gasteiger partial charge in [0.2, 0.25) is 5.91 Å². The van der Waals surface area contributed by atoms with E-state index in [1.54, 1.807) is 12.1 Å². The highest BCUT2D eigenvalue weighted by atomic mass is 35.5. The number of carbonyl (C=O) groups excluding carboxylic acids is 1. The number of anilines is 2. The Bertz CT molecular complexity index is 1100. The number of nitrogens with one attached hydrogen (secondary N) is 1. The maximum absolute atomic E-state index is 12.3. The quantitative estimate of drug-likeness (QED) is 0.442. The predicted octanol–water partition coefficient (Wildman–Crippen LogP) is 6.81. The van der Waals surface area contributed by atoms with Crippen LogP contribution in [-0.2, 0) is 4.79 Å². The minimum absolute atomic E-state index is 0.253. The van der Waals surface area contributed by atoms with Gasteiger partial charge in [-0.15, -0.1) is 0 Å². The van der Waals surface area contributed by atoms with Crippen LogP contribution in [0.4, 0.5) is 11.4 Å². The Morgan fingerprint density at radius 3 is 2.57 bits per heavy atom. The van der Waals surface area contributed by atoms with E-state index < -0.39 is 0 Å². The van der Waals surface area contributed by atoms with E-state index in [0.29, 0.717) is 27.3 Å². The van der Waals surface area contributed by atoms with Crippen LogP contribution in [0.3, 0.4) is 0 Å². The van der Waals surface area contributed by atoms with Gasteiger partial charge >= 0.3 is 0 Å². The van der Waals surface area contributed by atoms with Crippen molar-refractivity contribution in [2.24, 2.45) is 0 Å². The fourth-order valence-electron chi connectivity index (χ4n) is 3.48. The van der Waals surface area contributed by atoms with Crippen molar-refractivity contribution < 1.29 is 9.21 Å². The lowest BCUT2D eigenvalue weighted by Gasteiger charge is -2.19. The molecule has 0 bridgehead atoms. The first-order chi connectivity index (χ1) is 14.5. The third-order valence-electron chi connectivity index (χ3n) is 5.14. The number of aryl methyl sites for hydroxylation is 1. The van der Waals surface area contributed by atoms with E-state index in [0.717, 1.165) is 29.9 Å². The molecule has 0 unspecified atom stereocenters. The van der Waals surface area contributed by atoms with Gasteiger partial charge in [-0.3, -0.25) is 4.79 Å². The normalized spacial score (nSPS) is 13.9. The van der Waals surface area contributed by atoms with Gasteiger partial charge in [-0.05, 0) is 67.8 Å². The average Bonchev–Trinajstić information content (AvgIpc) is 3.41. The average molecular weight is 441 g/mol. The van der Waals surface area contributed by atoms with Crippen LogP contribution in [0.5, 0.6) is 0 Å². The van der Waals surface area contributed by atoms with Gasteiger partial charge in [-0.2, -0.15) is 0 Å². The van der Waals surface area contributed by atoms with Crippen molar-refractivity contribution in [2.45, 2.75) is 19.8 Å². The van der Waals surface area contributed by atoms with E-state index in [2.05, 4.69) is 10.2 Å². The van der Waals surface area contributed by atoms with Gasteiger partial charge in [0.1, 0.15) is 11.5 Å². The summed E-state index contributed by atoms with van der Waals surface area (Å²) in [5, 5.41) is 4.17. The molecule has 1 saturated heterocycles. The van der Waals surface area contributed by atoms with Crippen molar-refractivity contribution >= 4 is 46.6 Å². The number of benzene rings is 2. The highest BCUT2D eigenvalue weighted by molar-refractivity contribution is 6.33. The van der Waals surface area contributed by atoms with Crippen molar-refractivity contribution in [3.63, 3.8) is 0 Å². The largest absolute Gasteiger partial charge is 0.457 e. The van der Waals surface area contributed by atoms with Crippen molar-refractivity contribution in [3.05, 3.63) is 76.0 Å². The monoisotopic (exact) mass is 440 g/mol. The molecule has 1 N–H and O–H groups in total. The molecule has 2 aromatic carbocycles. The minimum atomic E-state index is -0.253. The number of furan rings is 1. The molecule has 1 aliphatic rings. The van der Waals surface area contributed by atoms with Crippen LogP contribution >= 0.6 is 23.2 Å². The second kappa shape index (κ2) is 8.99. The molecule has 1 fully saturated rings. The molecule has 0 atom stereocenters. The molecule has 1 amide bonds. The SMILES string of the molecule is Cc1ccc(-c2ccc(/C=C/C(=O)Nc3ccc(N4CCCC4)c(Cl)c3)o2)cc1Cl. The van der Waals surface area contributed by atoms with Crippen molar-refractivity contribution in [1.82, 2.24) is 0 Å². The molecule has 4 nitrogen and oxygen atoms in total. The lowest BCUT2D eigenvalue weighted by Crippen LogP contribution is -2.18. The second-order valence-electron chi connectivity index (χ2n) is 7.35. The van der Waals surface area contributed by atoms with Crippen molar-refractivity contribution in [1.29, 1.82) is 0 Å². The van der Waals surface area contributed by atoms with Crippen LogP contribution in [-0.4, -0.2) is 19.0 Å². The maximum Gasteiger partial charge on any atom is 0.248 e. The number of nitrogens with zero attached hydrogens (tertiary/aromatic N) is 1. The number of hydrogen-bond acceptors (Lipinski definition) is 3. The number of hydrogen-bond donors (Lipinski definition) is 1. The molecule has 30 heavy (non-hydrogen) atoms. The Hall–Kier alpha value is -2.69. The summed E-state index contributed by atoms with van der Waals surface area (Å²) in [7, 11) is 0. The van der Waals surface area contributed by atoms with E-state index in [1.165, 1.54) is 18.9 Å². The van der Waals surface area contributed by atoms with Gasteiger partial charge in [0.05, 0.1) is 10.7 Å². The van der Waals surface area contributed by atoms with E-state index in [9.17, 15) is 4.79 Å². The van der Waals surface area contributed by atoms with E-state index >= 15 is 0 Å². The zero-order valence-corrected chi connectivity index (χ0v) is 18.1. The molecule has 4 rings (SSSR count). The molecule has 1 aromatic heterocycles.